The van der Waals surface area contributed by atoms with E-state index < -0.39 is 5.60 Å². The van der Waals surface area contributed by atoms with E-state index in [9.17, 15) is 4.79 Å². The fourth-order valence-corrected chi connectivity index (χ4v) is 2.10. The zero-order chi connectivity index (χ0) is 12.6. The molecule has 0 fully saturated rings. The summed E-state index contributed by atoms with van der Waals surface area (Å²) < 4.78 is 8.03. The normalized spacial score (nSPS) is 11.8. The van der Waals surface area contributed by atoms with E-state index in [0.717, 1.165) is 14.5 Å². The highest BCUT2D eigenvalue weighted by Gasteiger charge is 2.18. The molecular formula is C13H14INO2. The Balaban J connectivity index is 2.40. The van der Waals surface area contributed by atoms with Gasteiger partial charge in [-0.05, 0) is 67.6 Å². The van der Waals surface area contributed by atoms with E-state index in [4.69, 9.17) is 4.74 Å². The molecular weight excluding hydrogens is 329 g/mol. The minimum atomic E-state index is -0.475. The van der Waals surface area contributed by atoms with E-state index in [1.54, 1.807) is 6.20 Å². The molecule has 0 aliphatic heterocycles. The van der Waals surface area contributed by atoms with Crippen LogP contribution in [-0.2, 0) is 4.74 Å². The molecule has 1 aromatic carbocycles. The summed E-state index contributed by atoms with van der Waals surface area (Å²) in [6.07, 6.45) is 1.41. The van der Waals surface area contributed by atoms with Gasteiger partial charge in [-0.3, -0.25) is 4.57 Å². The molecule has 2 aromatic rings. The molecule has 2 rings (SSSR count). The zero-order valence-electron chi connectivity index (χ0n) is 10.0. The molecule has 0 atom stereocenters. The molecule has 3 nitrogen and oxygen atoms in total. The second kappa shape index (κ2) is 4.33. The van der Waals surface area contributed by atoms with Gasteiger partial charge in [-0.2, -0.15) is 0 Å². The summed E-state index contributed by atoms with van der Waals surface area (Å²) >= 11 is 2.25. The predicted molar refractivity (Wildman–Crippen MR) is 76.3 cm³/mol. The molecule has 0 saturated carbocycles. The van der Waals surface area contributed by atoms with Crippen LogP contribution in [0.2, 0.25) is 0 Å². The van der Waals surface area contributed by atoms with Crippen molar-refractivity contribution in [2.24, 2.45) is 0 Å². The summed E-state index contributed by atoms with van der Waals surface area (Å²) in [5.41, 5.74) is 0.399. The number of fused-ring (bicyclic) bond motifs is 1. The van der Waals surface area contributed by atoms with Crippen LogP contribution >= 0.6 is 22.6 Å². The van der Waals surface area contributed by atoms with Crippen LogP contribution < -0.4 is 0 Å². The van der Waals surface area contributed by atoms with Crippen molar-refractivity contribution in [3.05, 3.63) is 34.0 Å². The first-order chi connectivity index (χ1) is 7.87. The Kier molecular flexibility index (Phi) is 3.16. The molecule has 0 radical (unpaired) electrons. The summed E-state index contributed by atoms with van der Waals surface area (Å²) in [6.45, 7) is 5.58. The van der Waals surface area contributed by atoms with Crippen LogP contribution in [0.15, 0.2) is 30.5 Å². The topological polar surface area (TPSA) is 31.2 Å². The van der Waals surface area contributed by atoms with Crippen LogP contribution in [0.1, 0.15) is 20.8 Å². The van der Waals surface area contributed by atoms with Gasteiger partial charge in [0.25, 0.3) is 0 Å². The summed E-state index contributed by atoms with van der Waals surface area (Å²) in [6, 6.07) is 7.86. The van der Waals surface area contributed by atoms with Crippen LogP contribution in [0.5, 0.6) is 0 Å². The molecule has 0 aliphatic carbocycles. The van der Waals surface area contributed by atoms with Gasteiger partial charge in [-0.1, -0.05) is 0 Å². The second-order valence-corrected chi connectivity index (χ2v) is 6.11. The molecule has 0 spiro atoms. The van der Waals surface area contributed by atoms with Crippen LogP contribution in [-0.4, -0.2) is 16.3 Å². The Labute approximate surface area is 114 Å². The number of hydrogen-bond donors (Lipinski definition) is 0. The molecule has 0 bridgehead atoms. The Morgan fingerprint density at radius 3 is 2.65 bits per heavy atom. The van der Waals surface area contributed by atoms with Gasteiger partial charge in [0.1, 0.15) is 5.60 Å². The molecule has 0 unspecified atom stereocenters. The van der Waals surface area contributed by atoms with Crippen molar-refractivity contribution >= 4 is 39.6 Å². The van der Waals surface area contributed by atoms with Gasteiger partial charge >= 0.3 is 6.09 Å². The Bertz CT molecular complexity index is 566. The van der Waals surface area contributed by atoms with Gasteiger partial charge in [0, 0.05) is 15.2 Å². The Morgan fingerprint density at radius 2 is 2.00 bits per heavy atom. The van der Waals surface area contributed by atoms with Gasteiger partial charge in [0.05, 0.1) is 5.52 Å². The lowest BCUT2D eigenvalue weighted by atomic mass is 10.2. The molecule has 1 heterocycles. The van der Waals surface area contributed by atoms with Crippen molar-refractivity contribution in [1.82, 2.24) is 4.57 Å². The summed E-state index contributed by atoms with van der Waals surface area (Å²) in [7, 11) is 0. The van der Waals surface area contributed by atoms with Gasteiger partial charge in [0.2, 0.25) is 0 Å². The first-order valence-corrected chi connectivity index (χ1v) is 6.45. The first-order valence-electron chi connectivity index (χ1n) is 5.37. The van der Waals surface area contributed by atoms with Crippen molar-refractivity contribution < 1.29 is 9.53 Å². The molecule has 17 heavy (non-hydrogen) atoms. The number of hydrogen-bond acceptors (Lipinski definition) is 2. The first kappa shape index (κ1) is 12.4. The van der Waals surface area contributed by atoms with E-state index in [-0.39, 0.29) is 6.09 Å². The van der Waals surface area contributed by atoms with E-state index in [0.29, 0.717) is 0 Å². The average Bonchev–Trinajstić information content (AvgIpc) is 2.57. The summed E-state index contributed by atoms with van der Waals surface area (Å²) in [5.74, 6) is 0. The van der Waals surface area contributed by atoms with E-state index >= 15 is 0 Å². The second-order valence-electron chi connectivity index (χ2n) is 4.87. The summed E-state index contributed by atoms with van der Waals surface area (Å²) in [5, 5.41) is 1.04. The maximum atomic E-state index is 12.0. The van der Waals surface area contributed by atoms with E-state index in [2.05, 4.69) is 22.6 Å². The van der Waals surface area contributed by atoms with Gasteiger partial charge in [-0.15, -0.1) is 0 Å². The van der Waals surface area contributed by atoms with E-state index in [1.807, 2.05) is 45.0 Å². The molecule has 4 heteroatoms. The maximum Gasteiger partial charge on any atom is 0.418 e. The van der Waals surface area contributed by atoms with Gasteiger partial charge in [0.15, 0.2) is 0 Å². The smallest absolute Gasteiger partial charge is 0.418 e. The highest BCUT2D eigenvalue weighted by molar-refractivity contribution is 14.1. The van der Waals surface area contributed by atoms with Gasteiger partial charge in [-0.25, -0.2) is 4.79 Å². The number of benzene rings is 1. The number of carbonyl (C=O) groups is 1. The molecule has 0 amide bonds. The average molecular weight is 343 g/mol. The van der Waals surface area contributed by atoms with Crippen molar-refractivity contribution in [2.45, 2.75) is 26.4 Å². The maximum absolute atomic E-state index is 12.0. The van der Waals surface area contributed by atoms with Crippen LogP contribution in [0.4, 0.5) is 4.79 Å². The number of nitrogens with zero attached hydrogens (tertiary/aromatic N) is 1. The lowest BCUT2D eigenvalue weighted by molar-refractivity contribution is 0.0544. The SMILES string of the molecule is CC(C)(C)OC(=O)n1ccc2cc(I)ccc21. The lowest BCUT2D eigenvalue weighted by Gasteiger charge is -2.19. The fraction of sp³-hybridized carbons (Fsp3) is 0.308. The minimum absolute atomic E-state index is 0.339. The summed E-state index contributed by atoms with van der Waals surface area (Å²) in [4.78, 5) is 12.0. The molecule has 0 aliphatic rings. The van der Waals surface area contributed by atoms with Crippen LogP contribution in [0, 0.1) is 3.57 Å². The van der Waals surface area contributed by atoms with E-state index in [1.165, 1.54) is 4.57 Å². The Hall–Kier alpha value is -1.04. The predicted octanol–water partition coefficient (Wildman–Crippen LogP) is 4.03. The zero-order valence-corrected chi connectivity index (χ0v) is 12.2. The highest BCUT2D eigenvalue weighted by atomic mass is 127. The van der Waals surface area contributed by atoms with Crippen LogP contribution in [0.3, 0.4) is 0 Å². The molecule has 0 N–H and O–H groups in total. The number of halogens is 1. The fourth-order valence-electron chi connectivity index (χ4n) is 1.58. The van der Waals surface area contributed by atoms with Crippen LogP contribution in [0.25, 0.3) is 10.9 Å². The standard InChI is InChI=1S/C13H14INO2/c1-13(2,3)17-12(16)15-7-6-9-8-10(14)4-5-11(9)15/h4-8H,1-3H3. The minimum Gasteiger partial charge on any atom is -0.443 e. The number of rotatable bonds is 0. The third-order valence-corrected chi connectivity index (χ3v) is 2.91. The number of carbonyl (C=O) groups excluding carboxylic acids is 1. The van der Waals surface area contributed by atoms with Gasteiger partial charge < -0.3 is 4.74 Å². The number of ether oxygens (including phenoxy) is 1. The lowest BCUT2D eigenvalue weighted by Crippen LogP contribution is -2.26. The third kappa shape index (κ3) is 2.80. The highest BCUT2D eigenvalue weighted by Crippen LogP contribution is 2.20. The van der Waals surface area contributed by atoms with Crippen molar-refractivity contribution in [1.29, 1.82) is 0 Å². The third-order valence-electron chi connectivity index (χ3n) is 2.24. The van der Waals surface area contributed by atoms with Crippen molar-refractivity contribution in [2.75, 3.05) is 0 Å². The molecule has 1 aromatic heterocycles. The number of aromatic nitrogens is 1. The Morgan fingerprint density at radius 1 is 1.29 bits per heavy atom. The monoisotopic (exact) mass is 343 g/mol. The molecule has 90 valence electrons. The van der Waals surface area contributed by atoms with Crippen molar-refractivity contribution in [3.63, 3.8) is 0 Å². The quantitative estimate of drug-likeness (QED) is 0.677. The molecule has 0 saturated heterocycles. The largest absolute Gasteiger partial charge is 0.443 e. The van der Waals surface area contributed by atoms with Crippen molar-refractivity contribution in [3.8, 4) is 0 Å².